The summed E-state index contributed by atoms with van der Waals surface area (Å²) in [6, 6.07) is 58.9. The molecule has 0 fully saturated rings. The first kappa shape index (κ1) is 45.4. The van der Waals surface area contributed by atoms with E-state index < -0.39 is 0 Å². The standard InChI is InChI=1S/C66H70N2/c1-62(2,3)44-22-16-41(17-23-44)52-40-49(30-33-55(52)66(13,14)15)67(48-28-24-45(25-29-48)63(4,5)6)56-34-20-42-19-32-51-57(35-21-43-18-31-50(56)60(42)61(43)51)68-58-36-26-46(64(7,8)9)38-53(58)54-39-47(65(10,11)12)27-37-59(54)68/h16-40H,1-15H3. The molecule has 0 radical (unpaired) electrons. The number of aromatic nitrogens is 1. The second-order valence-corrected chi connectivity index (χ2v) is 24.8. The molecule has 10 aromatic rings. The molecular weight excluding hydrogens is 821 g/mol. The largest absolute Gasteiger partial charge is 0.310 e. The van der Waals surface area contributed by atoms with Gasteiger partial charge in [-0.05, 0) is 148 Å². The topological polar surface area (TPSA) is 8.17 Å². The van der Waals surface area contributed by atoms with Crippen LogP contribution < -0.4 is 4.90 Å². The number of nitrogens with zero attached hydrogens (tertiary/aromatic N) is 2. The highest BCUT2D eigenvalue weighted by Crippen LogP contribution is 2.48. The van der Waals surface area contributed by atoms with Crippen molar-refractivity contribution in [2.45, 2.75) is 131 Å². The summed E-state index contributed by atoms with van der Waals surface area (Å²) >= 11 is 0. The van der Waals surface area contributed by atoms with Crippen LogP contribution in [0.3, 0.4) is 0 Å². The first-order valence-corrected chi connectivity index (χ1v) is 24.8. The van der Waals surface area contributed by atoms with Crippen LogP contribution in [0.15, 0.2) is 152 Å². The number of rotatable bonds is 5. The second kappa shape index (κ2) is 15.6. The Morgan fingerprint density at radius 3 is 1.29 bits per heavy atom. The number of hydrogen-bond acceptors (Lipinski definition) is 1. The number of benzene rings is 9. The van der Waals surface area contributed by atoms with Crippen LogP contribution in [0, 0.1) is 0 Å². The molecule has 0 saturated heterocycles. The summed E-state index contributed by atoms with van der Waals surface area (Å²) in [4.78, 5) is 2.51. The van der Waals surface area contributed by atoms with Crippen molar-refractivity contribution in [2.75, 3.05) is 4.90 Å². The molecule has 0 amide bonds. The van der Waals surface area contributed by atoms with Gasteiger partial charge in [0.1, 0.15) is 0 Å². The van der Waals surface area contributed by atoms with E-state index in [2.05, 4.69) is 265 Å². The zero-order valence-electron chi connectivity index (χ0n) is 43.3. The summed E-state index contributed by atoms with van der Waals surface area (Å²) < 4.78 is 2.53. The minimum absolute atomic E-state index is 0.0331. The third kappa shape index (κ3) is 7.75. The lowest BCUT2D eigenvalue weighted by Gasteiger charge is -2.31. The van der Waals surface area contributed by atoms with E-state index >= 15 is 0 Å². The molecule has 1 heterocycles. The van der Waals surface area contributed by atoms with Crippen molar-refractivity contribution < 1.29 is 0 Å². The first-order valence-electron chi connectivity index (χ1n) is 24.8. The van der Waals surface area contributed by atoms with Gasteiger partial charge in [-0.3, -0.25) is 0 Å². The van der Waals surface area contributed by atoms with Crippen LogP contribution in [0.25, 0.3) is 70.9 Å². The molecule has 1 aromatic heterocycles. The Balaban J connectivity index is 1.23. The van der Waals surface area contributed by atoms with Gasteiger partial charge in [-0.1, -0.05) is 195 Å². The van der Waals surface area contributed by atoms with Gasteiger partial charge >= 0.3 is 0 Å². The Kier molecular flexibility index (Phi) is 10.4. The highest BCUT2D eigenvalue weighted by Gasteiger charge is 2.27. The van der Waals surface area contributed by atoms with Crippen LogP contribution in [0.2, 0.25) is 0 Å². The molecule has 0 bridgehead atoms. The molecule has 344 valence electrons. The molecule has 0 aliphatic heterocycles. The smallest absolute Gasteiger partial charge is 0.0541 e. The third-order valence-corrected chi connectivity index (χ3v) is 14.7. The van der Waals surface area contributed by atoms with Crippen molar-refractivity contribution in [3.8, 4) is 16.8 Å². The van der Waals surface area contributed by atoms with Crippen LogP contribution in [-0.4, -0.2) is 4.57 Å². The Labute approximate surface area is 406 Å². The van der Waals surface area contributed by atoms with E-state index in [0.717, 1.165) is 11.4 Å². The van der Waals surface area contributed by atoms with Crippen LogP contribution in [-0.2, 0) is 27.1 Å². The Morgan fingerprint density at radius 2 is 0.779 bits per heavy atom. The summed E-state index contributed by atoms with van der Waals surface area (Å²) in [5.41, 5.74) is 16.5. The summed E-state index contributed by atoms with van der Waals surface area (Å²) in [5, 5.41) is 10.2. The molecule has 10 rings (SSSR count). The van der Waals surface area contributed by atoms with Crippen molar-refractivity contribution in [1.82, 2.24) is 4.57 Å². The molecule has 0 aliphatic rings. The molecule has 0 saturated carbocycles. The molecule has 68 heavy (non-hydrogen) atoms. The average molecular weight is 891 g/mol. The first-order chi connectivity index (χ1) is 31.9. The predicted molar refractivity (Wildman–Crippen MR) is 298 cm³/mol. The van der Waals surface area contributed by atoms with Crippen LogP contribution in [0.1, 0.15) is 132 Å². The fourth-order valence-electron chi connectivity index (χ4n) is 10.6. The number of anilines is 3. The number of hydrogen-bond donors (Lipinski definition) is 0. The fraction of sp³-hybridized carbons (Fsp3) is 0.303. The monoisotopic (exact) mass is 891 g/mol. The van der Waals surface area contributed by atoms with Crippen molar-refractivity contribution in [3.63, 3.8) is 0 Å². The molecule has 0 N–H and O–H groups in total. The van der Waals surface area contributed by atoms with E-state index in [1.54, 1.807) is 0 Å². The Morgan fingerprint density at radius 1 is 0.338 bits per heavy atom. The van der Waals surface area contributed by atoms with Crippen molar-refractivity contribution in [1.29, 1.82) is 0 Å². The highest BCUT2D eigenvalue weighted by atomic mass is 15.1. The summed E-state index contributed by atoms with van der Waals surface area (Å²) in [7, 11) is 0. The van der Waals surface area contributed by atoms with Gasteiger partial charge < -0.3 is 9.47 Å². The number of fused-ring (bicyclic) bond motifs is 3. The zero-order chi connectivity index (χ0) is 48.5. The molecule has 0 aliphatic carbocycles. The summed E-state index contributed by atoms with van der Waals surface area (Å²) in [6.07, 6.45) is 0. The van der Waals surface area contributed by atoms with E-state index in [1.807, 2.05) is 0 Å². The fourth-order valence-corrected chi connectivity index (χ4v) is 10.6. The van der Waals surface area contributed by atoms with Gasteiger partial charge in [0.2, 0.25) is 0 Å². The van der Waals surface area contributed by atoms with Gasteiger partial charge in [-0.2, -0.15) is 0 Å². The quantitative estimate of drug-likeness (QED) is 0.156. The molecule has 2 nitrogen and oxygen atoms in total. The Hall–Kier alpha value is -6.38. The van der Waals surface area contributed by atoms with Gasteiger partial charge in [0.25, 0.3) is 0 Å². The van der Waals surface area contributed by atoms with E-state index in [0.29, 0.717) is 0 Å². The third-order valence-electron chi connectivity index (χ3n) is 14.7. The van der Waals surface area contributed by atoms with Gasteiger partial charge in [0.05, 0.1) is 22.4 Å². The van der Waals surface area contributed by atoms with Gasteiger partial charge in [-0.15, -0.1) is 0 Å². The predicted octanol–water partition coefficient (Wildman–Crippen LogP) is 19.3. The second-order valence-electron chi connectivity index (χ2n) is 24.8. The zero-order valence-corrected chi connectivity index (χ0v) is 43.3. The molecule has 0 unspecified atom stereocenters. The normalized spacial score (nSPS) is 13.2. The van der Waals surface area contributed by atoms with Crippen molar-refractivity contribution in [2.24, 2.45) is 0 Å². The van der Waals surface area contributed by atoms with E-state index in [4.69, 9.17) is 0 Å². The van der Waals surface area contributed by atoms with Crippen LogP contribution in [0.4, 0.5) is 17.1 Å². The molecular formula is C66H70N2. The van der Waals surface area contributed by atoms with E-state index in [1.165, 1.54) is 104 Å². The minimum Gasteiger partial charge on any atom is -0.310 e. The minimum atomic E-state index is -0.0550. The molecule has 2 heteroatoms. The van der Waals surface area contributed by atoms with Crippen molar-refractivity contribution in [3.05, 3.63) is 179 Å². The van der Waals surface area contributed by atoms with E-state index in [9.17, 15) is 0 Å². The SMILES string of the molecule is CC(C)(C)c1ccc(-c2cc(N(c3ccc(C(C)(C)C)cc3)c3ccc4ccc5c(-n6c7ccc(C(C)(C)C)cc7c7cc(C(C)(C)C)ccc76)ccc6ccc3c4c65)ccc2C(C)(C)C)cc1. The molecule has 0 spiro atoms. The highest BCUT2D eigenvalue weighted by molar-refractivity contribution is 6.27. The lowest BCUT2D eigenvalue weighted by molar-refractivity contribution is 0.589. The lowest BCUT2D eigenvalue weighted by atomic mass is 9.80. The summed E-state index contributed by atoms with van der Waals surface area (Å²) in [6.45, 7) is 34.6. The van der Waals surface area contributed by atoms with Crippen molar-refractivity contribution >= 4 is 71.2 Å². The lowest BCUT2D eigenvalue weighted by Crippen LogP contribution is -2.16. The maximum absolute atomic E-state index is 2.53. The maximum atomic E-state index is 2.53. The van der Waals surface area contributed by atoms with Gasteiger partial charge in [-0.25, -0.2) is 0 Å². The Bertz CT molecular complexity index is 3470. The summed E-state index contributed by atoms with van der Waals surface area (Å²) in [5.74, 6) is 0. The van der Waals surface area contributed by atoms with Gasteiger partial charge in [0, 0.05) is 32.9 Å². The van der Waals surface area contributed by atoms with Crippen LogP contribution in [0.5, 0.6) is 0 Å². The van der Waals surface area contributed by atoms with Gasteiger partial charge in [0.15, 0.2) is 0 Å². The average Bonchev–Trinajstić information content (AvgIpc) is 3.60. The maximum Gasteiger partial charge on any atom is 0.0541 e. The van der Waals surface area contributed by atoms with Crippen LogP contribution >= 0.6 is 0 Å². The molecule has 0 atom stereocenters. The molecule has 9 aromatic carbocycles. The van der Waals surface area contributed by atoms with E-state index in [-0.39, 0.29) is 27.1 Å².